The molecule has 4 aromatic carbocycles. The third-order valence-electron chi connectivity index (χ3n) is 6.29. The van der Waals surface area contributed by atoms with E-state index in [0.29, 0.717) is 49.6 Å². The van der Waals surface area contributed by atoms with Gasteiger partial charge in [-0.1, -0.05) is 65.7 Å². The van der Waals surface area contributed by atoms with E-state index in [1.807, 2.05) is 6.92 Å². The van der Waals surface area contributed by atoms with Crippen molar-refractivity contribution in [3.05, 3.63) is 122 Å². The first-order chi connectivity index (χ1) is 20.3. The quantitative estimate of drug-likeness (QED) is 0.140. The van der Waals surface area contributed by atoms with Gasteiger partial charge in [-0.15, -0.1) is 0 Å². The Morgan fingerprint density at radius 3 is 1.90 bits per heavy atom. The fraction of sp³-hybridized carbons (Fsp3) is 0.0938. The summed E-state index contributed by atoms with van der Waals surface area (Å²) in [6, 6.07) is 24.8. The second kappa shape index (κ2) is 12.8. The first kappa shape index (κ1) is 29.4. The summed E-state index contributed by atoms with van der Waals surface area (Å²) in [6.45, 7) is 2.36. The second-order valence-electron chi connectivity index (χ2n) is 9.09. The molecule has 0 aromatic heterocycles. The molecule has 4 aromatic rings. The van der Waals surface area contributed by atoms with E-state index >= 15 is 0 Å². The van der Waals surface area contributed by atoms with Crippen molar-refractivity contribution in [3.8, 4) is 11.5 Å². The number of carbonyl (C=O) groups is 3. The minimum absolute atomic E-state index is 0.188. The second-order valence-corrected chi connectivity index (χ2v) is 10.8. The van der Waals surface area contributed by atoms with Crippen LogP contribution in [0.2, 0.25) is 10.0 Å². The van der Waals surface area contributed by atoms with E-state index in [1.165, 1.54) is 6.08 Å². The van der Waals surface area contributed by atoms with Gasteiger partial charge in [-0.25, -0.2) is 14.6 Å². The highest BCUT2D eigenvalue weighted by molar-refractivity contribution is 9.10. The van der Waals surface area contributed by atoms with Crippen molar-refractivity contribution in [2.75, 3.05) is 16.4 Å². The number of benzene rings is 4. The fourth-order valence-electron chi connectivity index (χ4n) is 4.36. The van der Waals surface area contributed by atoms with Crippen LogP contribution in [0.4, 0.5) is 16.2 Å². The first-order valence-corrected chi connectivity index (χ1v) is 14.4. The van der Waals surface area contributed by atoms with E-state index in [1.54, 1.807) is 91.0 Å². The number of amides is 4. The maximum Gasteiger partial charge on any atom is 0.343 e. The fourth-order valence-corrected chi connectivity index (χ4v) is 5.26. The molecule has 0 saturated carbocycles. The smallest absolute Gasteiger partial charge is 0.343 e. The molecule has 7 nitrogen and oxygen atoms in total. The molecular formula is C32H23BrCl2N2O5. The van der Waals surface area contributed by atoms with Crippen molar-refractivity contribution in [1.29, 1.82) is 0 Å². The van der Waals surface area contributed by atoms with E-state index < -0.39 is 17.8 Å². The van der Waals surface area contributed by atoms with Gasteiger partial charge in [0.05, 0.1) is 32.5 Å². The average Bonchev–Trinajstić information content (AvgIpc) is 2.98. The summed E-state index contributed by atoms with van der Waals surface area (Å²) in [5, 5.41) is 0.859. The lowest BCUT2D eigenvalue weighted by Crippen LogP contribution is -2.57. The van der Waals surface area contributed by atoms with Crippen LogP contribution < -0.4 is 19.3 Å². The molecule has 212 valence electrons. The Morgan fingerprint density at radius 1 is 0.762 bits per heavy atom. The van der Waals surface area contributed by atoms with Crippen LogP contribution in [0.15, 0.2) is 101 Å². The van der Waals surface area contributed by atoms with Crippen LogP contribution in [0.3, 0.4) is 0 Å². The third kappa shape index (κ3) is 6.06. The van der Waals surface area contributed by atoms with Crippen molar-refractivity contribution in [2.24, 2.45) is 0 Å². The Balaban J connectivity index is 1.54. The zero-order valence-corrected chi connectivity index (χ0v) is 25.3. The number of hydrogen-bond donors (Lipinski definition) is 0. The summed E-state index contributed by atoms with van der Waals surface area (Å²) < 4.78 is 12.5. The molecule has 1 heterocycles. The van der Waals surface area contributed by atoms with Crippen molar-refractivity contribution in [1.82, 2.24) is 0 Å². The molecule has 0 atom stereocenters. The maximum atomic E-state index is 13.7. The Bertz CT molecular complexity index is 1630. The van der Waals surface area contributed by atoms with Gasteiger partial charge in [0.2, 0.25) is 0 Å². The van der Waals surface area contributed by atoms with Gasteiger partial charge in [0.15, 0.2) is 11.5 Å². The lowest BCUT2D eigenvalue weighted by molar-refractivity contribution is -0.121. The van der Waals surface area contributed by atoms with Gasteiger partial charge in [-0.2, -0.15) is 0 Å². The lowest BCUT2D eigenvalue weighted by atomic mass is 10.0. The number of hydrogen-bond acceptors (Lipinski definition) is 5. The first-order valence-electron chi connectivity index (χ1n) is 12.9. The van der Waals surface area contributed by atoms with Crippen LogP contribution in [0.1, 0.15) is 18.1 Å². The Labute approximate surface area is 261 Å². The van der Waals surface area contributed by atoms with Gasteiger partial charge in [0.1, 0.15) is 12.2 Å². The molecule has 0 bridgehead atoms. The molecule has 0 N–H and O–H groups in total. The minimum atomic E-state index is -0.762. The number of barbiturate groups is 1. The SMILES string of the molecule is CCOc1cc(C=C2C(=O)N(c3ccccc3)C(=O)N(c3ccccc3)C2=O)cc(Br)c1OCc1ccc(Cl)c(Cl)c1. The number of para-hydroxylation sites is 2. The van der Waals surface area contributed by atoms with E-state index in [4.69, 9.17) is 32.7 Å². The molecule has 1 fully saturated rings. The maximum absolute atomic E-state index is 13.7. The molecule has 10 heteroatoms. The summed E-state index contributed by atoms with van der Waals surface area (Å²) in [4.78, 5) is 42.9. The van der Waals surface area contributed by atoms with Crippen LogP contribution in [0.5, 0.6) is 11.5 Å². The van der Waals surface area contributed by atoms with Gasteiger partial charge < -0.3 is 9.47 Å². The topological polar surface area (TPSA) is 76.2 Å². The predicted molar refractivity (Wildman–Crippen MR) is 167 cm³/mol. The summed E-state index contributed by atoms with van der Waals surface area (Å²) in [5.74, 6) is -0.654. The Kier molecular flexibility index (Phi) is 8.97. The molecule has 5 rings (SSSR count). The van der Waals surface area contributed by atoms with Gasteiger partial charge in [0, 0.05) is 0 Å². The van der Waals surface area contributed by atoms with Crippen LogP contribution >= 0.6 is 39.1 Å². The molecule has 0 aliphatic carbocycles. The number of carbonyl (C=O) groups excluding carboxylic acids is 3. The minimum Gasteiger partial charge on any atom is -0.490 e. The molecular weight excluding hydrogens is 643 g/mol. The van der Waals surface area contributed by atoms with Crippen molar-refractivity contribution in [2.45, 2.75) is 13.5 Å². The zero-order valence-electron chi connectivity index (χ0n) is 22.2. The Morgan fingerprint density at radius 2 is 1.36 bits per heavy atom. The van der Waals surface area contributed by atoms with Crippen LogP contribution in [0.25, 0.3) is 6.08 Å². The number of anilines is 2. The van der Waals surface area contributed by atoms with E-state index in [-0.39, 0.29) is 12.2 Å². The molecule has 0 spiro atoms. The molecule has 0 radical (unpaired) electrons. The van der Waals surface area contributed by atoms with Gasteiger partial charge in [0.25, 0.3) is 11.8 Å². The molecule has 1 aliphatic heterocycles. The van der Waals surface area contributed by atoms with E-state index in [2.05, 4.69) is 15.9 Å². The summed E-state index contributed by atoms with van der Waals surface area (Å²) >= 11 is 15.7. The van der Waals surface area contributed by atoms with Crippen LogP contribution in [0, 0.1) is 0 Å². The molecule has 4 amide bonds. The van der Waals surface area contributed by atoms with Crippen molar-refractivity contribution in [3.63, 3.8) is 0 Å². The average molecular weight is 666 g/mol. The van der Waals surface area contributed by atoms with Gasteiger partial charge in [-0.3, -0.25) is 9.59 Å². The van der Waals surface area contributed by atoms with Crippen molar-refractivity contribution < 1.29 is 23.9 Å². The van der Waals surface area contributed by atoms with Crippen LogP contribution in [-0.2, 0) is 16.2 Å². The van der Waals surface area contributed by atoms with Gasteiger partial charge >= 0.3 is 6.03 Å². The highest BCUT2D eigenvalue weighted by Crippen LogP contribution is 2.39. The standard InChI is InChI=1S/C32H23BrCl2N2O5/c1-2-41-28-18-21(16-25(33)29(28)42-19-20-13-14-26(34)27(35)17-20)15-24-30(38)36(22-9-5-3-6-10-22)32(40)37(31(24)39)23-11-7-4-8-12-23/h3-18H,2,19H2,1H3. The molecule has 0 unspecified atom stereocenters. The number of imide groups is 2. The summed E-state index contributed by atoms with van der Waals surface area (Å²) in [7, 11) is 0. The lowest BCUT2D eigenvalue weighted by Gasteiger charge is -2.34. The van der Waals surface area contributed by atoms with E-state index in [0.717, 1.165) is 15.4 Å². The normalized spacial score (nSPS) is 13.4. The third-order valence-corrected chi connectivity index (χ3v) is 7.62. The van der Waals surface area contributed by atoms with Crippen LogP contribution in [-0.4, -0.2) is 24.5 Å². The number of urea groups is 1. The monoisotopic (exact) mass is 664 g/mol. The van der Waals surface area contributed by atoms with E-state index in [9.17, 15) is 14.4 Å². The summed E-state index contributed by atoms with van der Waals surface area (Å²) in [5.41, 5.74) is 1.78. The summed E-state index contributed by atoms with van der Waals surface area (Å²) in [6.07, 6.45) is 1.44. The largest absolute Gasteiger partial charge is 0.490 e. The molecule has 1 saturated heterocycles. The molecule has 42 heavy (non-hydrogen) atoms. The number of nitrogens with zero attached hydrogens (tertiary/aromatic N) is 2. The highest BCUT2D eigenvalue weighted by atomic mass is 79.9. The number of rotatable bonds is 8. The number of ether oxygens (including phenoxy) is 2. The zero-order chi connectivity index (χ0) is 29.8. The molecule has 1 aliphatic rings. The predicted octanol–water partition coefficient (Wildman–Crippen LogP) is 8.32. The Hall–Kier alpha value is -4.11. The number of halogens is 3. The van der Waals surface area contributed by atoms with Crippen molar-refractivity contribution >= 4 is 74.4 Å². The highest BCUT2D eigenvalue weighted by Gasteiger charge is 2.43. The van der Waals surface area contributed by atoms with Gasteiger partial charge in [-0.05, 0) is 88.6 Å².